The lowest BCUT2D eigenvalue weighted by Gasteiger charge is -2.13. The normalized spacial score (nSPS) is 12.7. The molecule has 0 atom stereocenters. The first kappa shape index (κ1) is 17.0. The van der Waals surface area contributed by atoms with E-state index in [0.29, 0.717) is 0 Å². The lowest BCUT2D eigenvalue weighted by atomic mass is 9.91. The van der Waals surface area contributed by atoms with E-state index < -0.39 is 0 Å². The van der Waals surface area contributed by atoms with E-state index in [9.17, 15) is 0 Å². The van der Waals surface area contributed by atoms with Crippen molar-refractivity contribution in [1.29, 1.82) is 0 Å². The number of fused-ring (bicyclic) bond motifs is 4. The summed E-state index contributed by atoms with van der Waals surface area (Å²) in [5.41, 5.74) is 11.5. The highest BCUT2D eigenvalue weighted by Gasteiger charge is 2.25. The average molecular weight is 428 g/mol. The second kappa shape index (κ2) is 5.70. The number of aromatic nitrogens is 1. The smallest absolute Gasteiger partial charge is 0.0793 e. The van der Waals surface area contributed by atoms with Crippen molar-refractivity contribution in [3.05, 3.63) is 103 Å². The highest BCUT2D eigenvalue weighted by Crippen LogP contribution is 2.52. The topological polar surface area (TPSA) is 12.9 Å². The van der Waals surface area contributed by atoms with Gasteiger partial charge in [-0.15, -0.1) is 0 Å². The number of pyridine rings is 1. The van der Waals surface area contributed by atoms with Gasteiger partial charge < -0.3 is 0 Å². The van der Waals surface area contributed by atoms with Gasteiger partial charge in [-0.05, 0) is 77.3 Å². The summed E-state index contributed by atoms with van der Waals surface area (Å²) in [5.74, 6) is 0. The first-order chi connectivity index (χ1) is 16.9. The maximum absolute atomic E-state index is 4.94. The predicted octanol–water partition coefficient (Wildman–Crippen LogP) is 8.99. The molecule has 0 fully saturated rings. The molecule has 34 heavy (non-hydrogen) atoms. The van der Waals surface area contributed by atoms with E-state index in [-0.39, 0.29) is 0 Å². The van der Waals surface area contributed by atoms with E-state index in [1.165, 1.54) is 82.2 Å². The zero-order valence-electron chi connectivity index (χ0n) is 18.3. The highest BCUT2D eigenvalue weighted by molar-refractivity contribution is 6.34. The molecule has 0 saturated heterocycles. The van der Waals surface area contributed by atoms with Crippen molar-refractivity contribution in [3.63, 3.8) is 0 Å². The number of rotatable bonds is 1. The number of nitrogens with zero attached hydrogens (tertiary/aromatic N) is 1. The molecular weight excluding hydrogens is 410 g/mol. The van der Waals surface area contributed by atoms with Crippen LogP contribution in [0.3, 0.4) is 0 Å². The van der Waals surface area contributed by atoms with Gasteiger partial charge >= 0.3 is 0 Å². The van der Waals surface area contributed by atoms with Crippen LogP contribution in [-0.4, -0.2) is 4.98 Å². The first-order valence-corrected chi connectivity index (χ1v) is 11.8. The van der Waals surface area contributed by atoms with Gasteiger partial charge in [0.2, 0.25) is 0 Å². The Morgan fingerprint density at radius 3 is 1.82 bits per heavy atom. The summed E-state index contributed by atoms with van der Waals surface area (Å²) in [6, 6.07) is 35.9. The maximum atomic E-state index is 4.94. The van der Waals surface area contributed by atoms with E-state index >= 15 is 0 Å². The van der Waals surface area contributed by atoms with Crippen LogP contribution in [0.5, 0.6) is 0 Å². The predicted molar refractivity (Wildman–Crippen MR) is 143 cm³/mol. The molecule has 9 rings (SSSR count). The molecule has 6 aromatic carbocycles. The zero-order valence-corrected chi connectivity index (χ0v) is 18.3. The lowest BCUT2D eigenvalue weighted by Crippen LogP contribution is -1.89. The third-order valence-electron chi connectivity index (χ3n) is 7.98. The van der Waals surface area contributed by atoms with Crippen molar-refractivity contribution in [1.82, 2.24) is 4.98 Å². The second-order valence-corrected chi connectivity index (χ2v) is 9.50. The SMILES string of the molecule is c1ccc2c(c1)-c1ccnc3c(-c4ccc5c6c4ccc4ccc7cccc-5c7c46)ccc-2c13. The molecule has 0 spiro atoms. The van der Waals surface area contributed by atoms with Crippen molar-refractivity contribution < 1.29 is 0 Å². The molecule has 2 aliphatic carbocycles. The molecule has 1 nitrogen and oxygen atoms in total. The number of benzene rings is 6. The van der Waals surface area contributed by atoms with Crippen LogP contribution in [0.2, 0.25) is 0 Å². The van der Waals surface area contributed by atoms with Crippen LogP contribution in [0.25, 0.3) is 87.7 Å². The van der Waals surface area contributed by atoms with Crippen LogP contribution in [0, 0.1) is 0 Å². The van der Waals surface area contributed by atoms with Gasteiger partial charge in [0.1, 0.15) is 0 Å². The molecule has 0 amide bonds. The molecule has 2 aliphatic rings. The molecule has 7 aromatic rings. The van der Waals surface area contributed by atoms with E-state index in [1.807, 2.05) is 6.20 Å². The fourth-order valence-electron chi connectivity index (χ4n) is 6.61. The Balaban J connectivity index is 1.43. The first-order valence-electron chi connectivity index (χ1n) is 11.8. The molecule has 1 aromatic heterocycles. The van der Waals surface area contributed by atoms with Crippen molar-refractivity contribution in [2.45, 2.75) is 0 Å². The molecule has 0 aliphatic heterocycles. The summed E-state index contributed by atoms with van der Waals surface area (Å²) in [6.07, 6.45) is 1.97. The molecule has 0 bridgehead atoms. The summed E-state index contributed by atoms with van der Waals surface area (Å²) < 4.78 is 0. The molecular formula is C33H17N. The van der Waals surface area contributed by atoms with Gasteiger partial charge in [0, 0.05) is 17.1 Å². The van der Waals surface area contributed by atoms with E-state index in [4.69, 9.17) is 4.98 Å². The van der Waals surface area contributed by atoms with E-state index in [0.717, 1.165) is 5.52 Å². The summed E-state index contributed by atoms with van der Waals surface area (Å²) in [4.78, 5) is 4.94. The molecule has 0 saturated carbocycles. The standard InChI is InChI=1S/C33H17N/c1-2-6-21-20(5-1)25-14-15-28(33-32(25)27(21)16-17-34-33)22-12-13-26-23-7-3-4-18-8-9-19-10-11-24(22)31(26)30(19)29(18)23/h1-17H. The van der Waals surface area contributed by atoms with Gasteiger partial charge in [-0.2, -0.15) is 0 Å². The van der Waals surface area contributed by atoms with Gasteiger partial charge in [-0.25, -0.2) is 0 Å². The molecule has 0 N–H and O–H groups in total. The summed E-state index contributed by atoms with van der Waals surface area (Å²) in [5, 5.41) is 9.40. The van der Waals surface area contributed by atoms with Crippen LogP contribution >= 0.6 is 0 Å². The molecule has 154 valence electrons. The van der Waals surface area contributed by atoms with Crippen molar-refractivity contribution in [3.8, 4) is 44.5 Å². The maximum Gasteiger partial charge on any atom is 0.0793 e. The zero-order chi connectivity index (χ0) is 22.0. The summed E-state index contributed by atoms with van der Waals surface area (Å²) >= 11 is 0. The Labute approximate surface area is 195 Å². The Morgan fingerprint density at radius 2 is 0.971 bits per heavy atom. The van der Waals surface area contributed by atoms with E-state index in [2.05, 4.69) is 97.1 Å². The van der Waals surface area contributed by atoms with Crippen molar-refractivity contribution in [2.75, 3.05) is 0 Å². The Hall–Kier alpha value is -4.49. The van der Waals surface area contributed by atoms with Crippen LogP contribution in [0.15, 0.2) is 103 Å². The van der Waals surface area contributed by atoms with Gasteiger partial charge in [0.05, 0.1) is 5.52 Å². The molecule has 0 radical (unpaired) electrons. The number of hydrogen-bond donors (Lipinski definition) is 0. The Kier molecular flexibility index (Phi) is 2.86. The fourth-order valence-corrected chi connectivity index (χ4v) is 6.61. The van der Waals surface area contributed by atoms with Gasteiger partial charge in [0.15, 0.2) is 0 Å². The number of hydrogen-bond acceptors (Lipinski definition) is 1. The van der Waals surface area contributed by atoms with Gasteiger partial charge in [-0.3, -0.25) is 4.98 Å². The summed E-state index contributed by atoms with van der Waals surface area (Å²) in [6.45, 7) is 0. The minimum Gasteiger partial charge on any atom is -0.256 e. The Morgan fingerprint density at radius 1 is 0.353 bits per heavy atom. The highest BCUT2D eigenvalue weighted by atomic mass is 14.7. The minimum atomic E-state index is 1.09. The molecule has 1 heteroatoms. The van der Waals surface area contributed by atoms with Crippen molar-refractivity contribution in [2.24, 2.45) is 0 Å². The third kappa shape index (κ3) is 1.84. The molecule has 0 unspecified atom stereocenters. The third-order valence-corrected chi connectivity index (χ3v) is 7.98. The van der Waals surface area contributed by atoms with Crippen LogP contribution < -0.4 is 0 Å². The molecule has 1 heterocycles. The summed E-state index contributed by atoms with van der Waals surface area (Å²) in [7, 11) is 0. The average Bonchev–Trinajstić information content (AvgIpc) is 3.41. The van der Waals surface area contributed by atoms with E-state index in [1.54, 1.807) is 0 Å². The lowest BCUT2D eigenvalue weighted by molar-refractivity contribution is 1.42. The van der Waals surface area contributed by atoms with Gasteiger partial charge in [-0.1, -0.05) is 91.0 Å². The Bertz CT molecular complexity index is 2030. The fraction of sp³-hybridized carbons (Fsp3) is 0. The van der Waals surface area contributed by atoms with Gasteiger partial charge in [0.25, 0.3) is 0 Å². The van der Waals surface area contributed by atoms with Crippen LogP contribution in [0.1, 0.15) is 0 Å². The largest absolute Gasteiger partial charge is 0.256 e. The van der Waals surface area contributed by atoms with Crippen molar-refractivity contribution >= 4 is 43.2 Å². The van der Waals surface area contributed by atoms with Crippen LogP contribution in [0.4, 0.5) is 0 Å². The minimum absolute atomic E-state index is 1.09. The monoisotopic (exact) mass is 427 g/mol. The van der Waals surface area contributed by atoms with Crippen LogP contribution in [-0.2, 0) is 0 Å². The quantitative estimate of drug-likeness (QED) is 0.238. The second-order valence-electron chi connectivity index (χ2n) is 9.50.